The molecular formula is C17H20BF3KN2O9S. The van der Waals surface area contributed by atoms with Crippen LogP contribution in [-0.4, -0.2) is 102 Å². The van der Waals surface area contributed by atoms with E-state index in [1.807, 2.05) is 0 Å². The van der Waals surface area contributed by atoms with Crippen molar-refractivity contribution in [2.24, 2.45) is 5.92 Å². The first-order chi connectivity index (χ1) is 15.0. The van der Waals surface area contributed by atoms with E-state index in [2.05, 4.69) is 23.1 Å². The summed E-state index contributed by atoms with van der Waals surface area (Å²) in [5.74, 6) is -0.197. The number of nitriles is 1. The van der Waals surface area contributed by atoms with Crippen LogP contribution < -0.4 is 51.4 Å². The molecule has 4 fully saturated rings. The van der Waals surface area contributed by atoms with Crippen LogP contribution in [0.1, 0.15) is 0 Å². The van der Waals surface area contributed by atoms with Crippen molar-refractivity contribution >= 4 is 18.5 Å². The smallest absolute Gasteiger partial charge is 0.512 e. The van der Waals surface area contributed by atoms with Crippen LogP contribution >= 0.6 is 0 Å². The molecule has 0 aliphatic carbocycles. The van der Waals surface area contributed by atoms with Crippen molar-refractivity contribution in [2.75, 3.05) is 26.4 Å². The van der Waals surface area contributed by atoms with E-state index in [9.17, 15) is 31.8 Å². The standard InChI is InChI=1S/C7H9F3O6S.C7H9NO3.C2H2.CN.B.K/c8-7(9,10)17(12,13)16-4-2-15-5-3(11)1-14-6(4)5;8-1-4-2-10-7-5(9)3-11-6(4)7;2*1-2;;/h3-6,11H,1-2H2;4-7,9H,2-3H2;1-2H;;;/q;;;-1;;+1/t3-,4-,5+,6+;4-,5+,6-,7-;;;;/m01..../s1. The topological polar surface area (TPSA) is 168 Å². The summed E-state index contributed by atoms with van der Waals surface area (Å²) in [5.41, 5.74) is -5.48. The Bertz CT molecular complexity index is 806. The van der Waals surface area contributed by atoms with Gasteiger partial charge in [0.1, 0.15) is 42.7 Å². The summed E-state index contributed by atoms with van der Waals surface area (Å²) >= 11 is 0. The maximum Gasteiger partial charge on any atom is 1.00 e. The zero-order valence-electron chi connectivity index (χ0n) is 17.9. The van der Waals surface area contributed by atoms with Crippen LogP contribution in [0.25, 0.3) is 0 Å². The molecule has 183 valence electrons. The molecule has 0 aromatic heterocycles. The van der Waals surface area contributed by atoms with E-state index in [1.165, 1.54) is 0 Å². The fraction of sp³-hybridized carbons (Fsp3) is 0.765. The van der Waals surface area contributed by atoms with Gasteiger partial charge in [-0.05, 0) is 0 Å². The number of ether oxygens (including phenoxy) is 4. The van der Waals surface area contributed by atoms with E-state index in [0.717, 1.165) is 0 Å². The molecule has 4 aliphatic rings. The summed E-state index contributed by atoms with van der Waals surface area (Å²) in [5, 5.41) is 33.4. The first-order valence-corrected chi connectivity index (χ1v) is 10.2. The number of hydrogen-bond donors (Lipinski definition) is 2. The van der Waals surface area contributed by atoms with Crippen molar-refractivity contribution in [3.8, 4) is 18.9 Å². The van der Waals surface area contributed by atoms with Gasteiger partial charge in [0.25, 0.3) is 0 Å². The molecule has 4 heterocycles. The Balaban J connectivity index is 0. The van der Waals surface area contributed by atoms with E-state index in [0.29, 0.717) is 13.2 Å². The van der Waals surface area contributed by atoms with Gasteiger partial charge in [0.2, 0.25) is 0 Å². The average Bonchev–Trinajstić information content (AvgIpc) is 3.51. The van der Waals surface area contributed by atoms with Crippen molar-refractivity contribution < 1.29 is 106 Å². The van der Waals surface area contributed by atoms with Gasteiger partial charge in [-0.3, -0.25) is 4.18 Å². The van der Waals surface area contributed by atoms with E-state index in [1.54, 1.807) is 0 Å². The van der Waals surface area contributed by atoms with E-state index in [4.69, 9.17) is 36.0 Å². The van der Waals surface area contributed by atoms with Gasteiger partial charge in [0.15, 0.2) is 0 Å². The normalized spacial score (nSPS) is 35.1. The predicted octanol–water partition coefficient (Wildman–Crippen LogP) is -4.37. The summed E-state index contributed by atoms with van der Waals surface area (Å²) in [4.78, 5) is 0. The summed E-state index contributed by atoms with van der Waals surface area (Å²) < 4.78 is 82.0. The van der Waals surface area contributed by atoms with Crippen LogP contribution in [0.4, 0.5) is 13.2 Å². The van der Waals surface area contributed by atoms with Crippen LogP contribution in [0.3, 0.4) is 0 Å². The zero-order chi connectivity index (χ0) is 24.7. The van der Waals surface area contributed by atoms with E-state index in [-0.39, 0.29) is 91.1 Å². The van der Waals surface area contributed by atoms with Crippen LogP contribution in [0.15, 0.2) is 0 Å². The Morgan fingerprint density at radius 2 is 1.32 bits per heavy atom. The zero-order valence-corrected chi connectivity index (χ0v) is 21.8. The van der Waals surface area contributed by atoms with Gasteiger partial charge in [0, 0.05) is 8.41 Å². The molecule has 2 N–H and O–H groups in total. The molecule has 0 bridgehead atoms. The van der Waals surface area contributed by atoms with E-state index < -0.39 is 46.1 Å². The van der Waals surface area contributed by atoms with Crippen molar-refractivity contribution in [1.82, 2.24) is 0 Å². The fourth-order valence-corrected chi connectivity index (χ4v) is 3.93. The molecule has 4 rings (SSSR count). The molecule has 11 nitrogen and oxygen atoms in total. The maximum atomic E-state index is 12.1. The second kappa shape index (κ2) is 15.7. The van der Waals surface area contributed by atoms with Crippen molar-refractivity contribution in [3.05, 3.63) is 6.57 Å². The number of aliphatic hydroxyl groups excluding tert-OH is 2. The number of alkyl halides is 3. The third-order valence-electron chi connectivity index (χ3n) is 4.71. The third-order valence-corrected chi connectivity index (χ3v) is 5.78. The van der Waals surface area contributed by atoms with Crippen molar-refractivity contribution in [2.45, 2.75) is 48.2 Å². The first kappa shape index (κ1) is 35.9. The second-order valence-electron chi connectivity index (χ2n) is 6.60. The number of fused-ring (bicyclic) bond motifs is 2. The Hall–Kier alpha value is -0.299. The largest absolute Gasteiger partial charge is 1.00 e. The molecule has 3 radical (unpaired) electrons. The molecule has 34 heavy (non-hydrogen) atoms. The number of rotatable bonds is 2. The summed E-state index contributed by atoms with van der Waals surface area (Å²) in [6.07, 6.45) is 2.78. The molecule has 0 saturated carbocycles. The molecule has 0 amide bonds. The Labute approximate surface area is 239 Å². The SMILES string of the molecule is C#C.N#C[C@@H]1CO[C@H]2[C@@H]1OC[C@@H]2O.O=S(=O)(O[C@H]1CO[C@H]2[C@@H]1OC[C@@H]2O)C(F)(F)F.[B].[C-]#N.[K+]. The summed E-state index contributed by atoms with van der Waals surface area (Å²) in [6.45, 7) is 4.94. The van der Waals surface area contributed by atoms with Gasteiger partial charge in [-0.25, -0.2) is 0 Å². The molecule has 4 aliphatic heterocycles. The molecule has 0 spiro atoms. The Morgan fingerprint density at radius 1 is 0.912 bits per heavy atom. The second-order valence-corrected chi connectivity index (χ2v) is 8.16. The van der Waals surface area contributed by atoms with Gasteiger partial charge in [-0.1, -0.05) is 0 Å². The molecular weight excluding hydrogens is 515 g/mol. The van der Waals surface area contributed by atoms with Crippen molar-refractivity contribution in [3.63, 3.8) is 0 Å². The first-order valence-electron chi connectivity index (χ1n) is 8.82. The van der Waals surface area contributed by atoms with Gasteiger partial charge in [-0.2, -0.15) is 26.9 Å². The van der Waals surface area contributed by atoms with Gasteiger partial charge >= 0.3 is 67.0 Å². The van der Waals surface area contributed by atoms with Crippen LogP contribution in [0.2, 0.25) is 0 Å². The van der Waals surface area contributed by atoms with Crippen molar-refractivity contribution in [1.29, 1.82) is 10.5 Å². The predicted molar refractivity (Wildman–Crippen MR) is 101 cm³/mol. The number of terminal acetylenes is 1. The Morgan fingerprint density at radius 3 is 1.79 bits per heavy atom. The minimum atomic E-state index is -5.68. The quantitative estimate of drug-likeness (QED) is 0.115. The summed E-state index contributed by atoms with van der Waals surface area (Å²) in [6, 6.07) is 2.09. The van der Waals surface area contributed by atoms with Gasteiger partial charge in [-0.15, -0.1) is 12.8 Å². The van der Waals surface area contributed by atoms with Gasteiger partial charge < -0.3 is 41.0 Å². The monoisotopic (exact) mass is 535 g/mol. The van der Waals surface area contributed by atoms with Gasteiger partial charge in [0.05, 0.1) is 38.4 Å². The van der Waals surface area contributed by atoms with Crippen LogP contribution in [0.5, 0.6) is 0 Å². The number of aliphatic hydroxyl groups is 2. The van der Waals surface area contributed by atoms with Crippen LogP contribution in [-0.2, 0) is 33.2 Å². The molecule has 0 unspecified atom stereocenters. The number of hydrogen-bond acceptors (Lipinski definition) is 11. The van der Waals surface area contributed by atoms with Crippen LogP contribution in [0, 0.1) is 41.9 Å². The molecule has 8 atom stereocenters. The molecule has 4 saturated heterocycles. The molecule has 0 aromatic carbocycles. The summed E-state index contributed by atoms with van der Waals surface area (Å²) in [7, 11) is -5.68. The minimum absolute atomic E-state index is 0. The molecule has 0 aromatic rings. The third kappa shape index (κ3) is 8.38. The fourth-order valence-electron chi connectivity index (χ4n) is 3.33. The average molecular weight is 535 g/mol. The number of nitrogens with zero attached hydrogens (tertiary/aromatic N) is 2. The molecule has 17 heteroatoms. The minimum Gasteiger partial charge on any atom is -0.512 e. The maximum absolute atomic E-state index is 12.1. The van der Waals surface area contributed by atoms with E-state index >= 15 is 0 Å². The Kier molecular flexibility index (Phi) is 16.6. The number of halogens is 3.